The number of hydrogen-bond donors (Lipinski definition) is 1. The number of nitrogens with one attached hydrogen (secondary N) is 1. The van der Waals surface area contributed by atoms with Crippen LogP contribution >= 0.6 is 11.6 Å². The normalized spacial score (nSPS) is 14.6. The summed E-state index contributed by atoms with van der Waals surface area (Å²) in [4.78, 5) is 31.5. The van der Waals surface area contributed by atoms with Crippen molar-refractivity contribution in [1.82, 2.24) is 15.2 Å². The van der Waals surface area contributed by atoms with Gasteiger partial charge >= 0.3 is 6.18 Å². The van der Waals surface area contributed by atoms with Gasteiger partial charge in [0.05, 0.1) is 17.1 Å². The third-order valence-corrected chi connectivity index (χ3v) is 4.80. The molecule has 1 aromatic carbocycles. The fourth-order valence-electron chi connectivity index (χ4n) is 2.95. The second-order valence-electron chi connectivity index (χ2n) is 6.44. The number of carbonyl (C=O) groups is 2. The molecule has 0 atom stereocenters. The molecule has 2 amide bonds. The maximum absolute atomic E-state index is 12.7. The van der Waals surface area contributed by atoms with Gasteiger partial charge in [-0.3, -0.25) is 9.59 Å². The molecule has 10 heteroatoms. The van der Waals surface area contributed by atoms with E-state index in [9.17, 15) is 22.8 Å². The highest BCUT2D eigenvalue weighted by Gasteiger charge is 2.32. The molecule has 1 N–H and O–H groups in total. The number of piperazine rings is 1. The number of hydrogen-bond acceptors (Lipinski definition) is 4. The smallest absolute Gasteiger partial charge is 0.352 e. The van der Waals surface area contributed by atoms with Crippen LogP contribution in [-0.2, 0) is 11.0 Å². The number of anilines is 1. The molecule has 0 bridgehead atoms. The molecule has 2 aromatic rings. The molecule has 0 radical (unpaired) electrons. The highest BCUT2D eigenvalue weighted by molar-refractivity contribution is 6.33. The Balaban J connectivity index is 1.52. The highest BCUT2D eigenvalue weighted by Crippen LogP contribution is 2.33. The van der Waals surface area contributed by atoms with Crippen molar-refractivity contribution in [3.05, 3.63) is 58.7 Å². The molecule has 3 rings (SSSR count). The van der Waals surface area contributed by atoms with Crippen molar-refractivity contribution in [1.29, 1.82) is 0 Å². The number of pyridine rings is 1. The van der Waals surface area contributed by atoms with Gasteiger partial charge in [-0.15, -0.1) is 0 Å². The number of aromatic nitrogens is 1. The van der Waals surface area contributed by atoms with Gasteiger partial charge in [0.1, 0.15) is 5.82 Å². The van der Waals surface area contributed by atoms with E-state index in [0.29, 0.717) is 31.7 Å². The predicted molar refractivity (Wildman–Crippen MR) is 102 cm³/mol. The molecular formula is C19H18ClF3N4O2. The Morgan fingerprint density at radius 2 is 1.76 bits per heavy atom. The molecule has 6 nitrogen and oxygen atoms in total. The number of rotatable bonds is 4. The Morgan fingerprint density at radius 3 is 2.34 bits per heavy atom. The van der Waals surface area contributed by atoms with Crippen molar-refractivity contribution in [3.8, 4) is 0 Å². The fourth-order valence-corrected chi connectivity index (χ4v) is 3.23. The van der Waals surface area contributed by atoms with E-state index >= 15 is 0 Å². The van der Waals surface area contributed by atoms with Gasteiger partial charge in [0.2, 0.25) is 5.91 Å². The number of carbonyl (C=O) groups excluding carboxylic acids is 2. The molecule has 1 aliphatic rings. The zero-order valence-corrected chi connectivity index (χ0v) is 16.0. The molecule has 0 unspecified atom stereocenters. The number of alkyl halides is 3. The van der Waals surface area contributed by atoms with E-state index in [0.717, 1.165) is 12.3 Å². The molecule has 0 saturated carbocycles. The summed E-state index contributed by atoms with van der Waals surface area (Å²) >= 11 is 5.98. The second kappa shape index (κ2) is 8.69. The minimum absolute atomic E-state index is 0.0882. The first-order valence-corrected chi connectivity index (χ1v) is 9.22. The Labute approximate surface area is 170 Å². The summed E-state index contributed by atoms with van der Waals surface area (Å²) in [6.07, 6.45) is -3.76. The molecule has 1 aromatic heterocycles. The minimum Gasteiger partial charge on any atom is -0.352 e. The minimum atomic E-state index is -4.51. The van der Waals surface area contributed by atoms with Crippen LogP contribution < -0.4 is 10.2 Å². The molecule has 1 fully saturated rings. The Hall–Kier alpha value is -2.81. The molecule has 1 saturated heterocycles. The molecule has 2 heterocycles. The van der Waals surface area contributed by atoms with Gasteiger partial charge < -0.3 is 15.1 Å². The van der Waals surface area contributed by atoms with E-state index in [2.05, 4.69) is 10.3 Å². The third kappa shape index (κ3) is 5.17. The molecule has 154 valence electrons. The molecule has 0 spiro atoms. The number of nitrogens with zero attached hydrogens (tertiary/aromatic N) is 3. The SMILES string of the molecule is O=C(NCC(=O)N1CCN(c2ncc(C(F)(F)F)cc2Cl)CC1)c1ccccc1. The summed E-state index contributed by atoms with van der Waals surface area (Å²) in [7, 11) is 0. The van der Waals surface area contributed by atoms with E-state index in [1.165, 1.54) is 0 Å². The summed E-state index contributed by atoms with van der Waals surface area (Å²) in [5.74, 6) is -0.317. The Bertz CT molecular complexity index is 885. The average molecular weight is 427 g/mol. The van der Waals surface area contributed by atoms with Crippen molar-refractivity contribution < 1.29 is 22.8 Å². The van der Waals surface area contributed by atoms with Gasteiger partial charge in [-0.1, -0.05) is 29.8 Å². The largest absolute Gasteiger partial charge is 0.417 e. The van der Waals surface area contributed by atoms with Crippen molar-refractivity contribution in [2.75, 3.05) is 37.6 Å². The molecular weight excluding hydrogens is 409 g/mol. The van der Waals surface area contributed by atoms with E-state index in [1.807, 2.05) is 0 Å². The maximum Gasteiger partial charge on any atom is 0.417 e. The monoisotopic (exact) mass is 426 g/mol. The van der Waals surface area contributed by atoms with Crippen LogP contribution in [0.3, 0.4) is 0 Å². The van der Waals surface area contributed by atoms with Gasteiger partial charge in [0, 0.05) is 37.9 Å². The topological polar surface area (TPSA) is 65.5 Å². The summed E-state index contributed by atoms with van der Waals surface area (Å²) in [5, 5.41) is 2.50. The second-order valence-corrected chi connectivity index (χ2v) is 6.85. The van der Waals surface area contributed by atoms with Crippen LogP contribution in [0.4, 0.5) is 19.0 Å². The molecule has 0 aliphatic carbocycles. The number of halogens is 4. The Kier molecular flexibility index (Phi) is 6.26. The first-order valence-electron chi connectivity index (χ1n) is 8.84. The van der Waals surface area contributed by atoms with Crippen molar-refractivity contribution >= 4 is 29.2 Å². The zero-order chi connectivity index (χ0) is 21.0. The first-order chi connectivity index (χ1) is 13.8. The summed E-state index contributed by atoms with van der Waals surface area (Å²) < 4.78 is 38.2. The van der Waals surface area contributed by atoms with Crippen molar-refractivity contribution in [3.63, 3.8) is 0 Å². The maximum atomic E-state index is 12.7. The predicted octanol–water partition coefficient (Wildman–Crippen LogP) is 2.83. The van der Waals surface area contributed by atoms with E-state index in [4.69, 9.17) is 11.6 Å². The average Bonchev–Trinajstić information content (AvgIpc) is 2.72. The number of amides is 2. The van der Waals surface area contributed by atoms with Crippen molar-refractivity contribution in [2.24, 2.45) is 0 Å². The lowest BCUT2D eigenvalue weighted by Gasteiger charge is -2.35. The van der Waals surface area contributed by atoms with E-state index in [1.54, 1.807) is 40.1 Å². The van der Waals surface area contributed by atoms with Crippen LogP contribution in [0, 0.1) is 0 Å². The fraction of sp³-hybridized carbons (Fsp3) is 0.316. The van der Waals surface area contributed by atoms with Crippen molar-refractivity contribution in [2.45, 2.75) is 6.18 Å². The van der Waals surface area contributed by atoms with Crippen LogP contribution in [0.1, 0.15) is 15.9 Å². The van der Waals surface area contributed by atoms with Gasteiger partial charge in [0.15, 0.2) is 0 Å². The van der Waals surface area contributed by atoms with Crippen LogP contribution in [0.5, 0.6) is 0 Å². The van der Waals surface area contributed by atoms with Crippen LogP contribution in [0.25, 0.3) is 0 Å². The van der Waals surface area contributed by atoms with Gasteiger partial charge in [-0.05, 0) is 18.2 Å². The summed E-state index contributed by atoms with van der Waals surface area (Å²) in [6.45, 7) is 1.30. The van der Waals surface area contributed by atoms with Gasteiger partial charge in [-0.2, -0.15) is 13.2 Å². The Morgan fingerprint density at radius 1 is 1.10 bits per heavy atom. The third-order valence-electron chi connectivity index (χ3n) is 4.52. The van der Waals surface area contributed by atoms with Gasteiger partial charge in [-0.25, -0.2) is 4.98 Å². The van der Waals surface area contributed by atoms with E-state index < -0.39 is 11.7 Å². The van der Waals surface area contributed by atoms with Crippen LogP contribution in [0.2, 0.25) is 5.02 Å². The highest BCUT2D eigenvalue weighted by atomic mass is 35.5. The van der Waals surface area contributed by atoms with Crippen LogP contribution in [0.15, 0.2) is 42.6 Å². The zero-order valence-electron chi connectivity index (χ0n) is 15.2. The van der Waals surface area contributed by atoms with Gasteiger partial charge in [0.25, 0.3) is 5.91 Å². The standard InChI is InChI=1S/C19H18ClF3N4O2/c20-15-10-14(19(21,22)23)11-24-17(15)27-8-6-26(7-9-27)16(28)12-25-18(29)13-4-2-1-3-5-13/h1-5,10-11H,6-9,12H2,(H,25,29). The summed E-state index contributed by atoms with van der Waals surface area (Å²) in [5.41, 5.74) is -0.442. The summed E-state index contributed by atoms with van der Waals surface area (Å²) in [6, 6.07) is 9.41. The number of benzene rings is 1. The van der Waals surface area contributed by atoms with E-state index in [-0.39, 0.29) is 29.2 Å². The molecule has 1 aliphatic heterocycles. The lowest BCUT2D eigenvalue weighted by molar-refractivity contribution is -0.137. The lowest BCUT2D eigenvalue weighted by atomic mass is 10.2. The lowest BCUT2D eigenvalue weighted by Crippen LogP contribution is -2.51. The quantitative estimate of drug-likeness (QED) is 0.816. The van der Waals surface area contributed by atoms with Crippen LogP contribution in [-0.4, -0.2) is 54.4 Å². The molecule has 29 heavy (non-hydrogen) atoms. The first kappa shape index (κ1) is 20.9.